The second kappa shape index (κ2) is 6.70. The molecule has 21 heavy (non-hydrogen) atoms. The lowest BCUT2D eigenvalue weighted by Crippen LogP contribution is -2.40. The van der Waals surface area contributed by atoms with Crippen LogP contribution in [-0.2, 0) is 6.54 Å². The number of nitrogens with zero attached hydrogens (tertiary/aromatic N) is 1. The van der Waals surface area contributed by atoms with Gasteiger partial charge in [0.1, 0.15) is 5.75 Å². The summed E-state index contributed by atoms with van der Waals surface area (Å²) in [5.74, 6) is 1.01. The molecule has 1 spiro atoms. The van der Waals surface area contributed by atoms with Crippen LogP contribution < -0.4 is 4.74 Å². The monoisotopic (exact) mass is 351 g/mol. The Balaban J connectivity index is 1.61. The van der Waals surface area contributed by atoms with E-state index in [0.717, 1.165) is 16.8 Å². The van der Waals surface area contributed by atoms with Crippen molar-refractivity contribution in [1.82, 2.24) is 4.90 Å². The maximum absolute atomic E-state index is 5.50. The van der Waals surface area contributed by atoms with Crippen LogP contribution in [0.15, 0.2) is 22.7 Å². The zero-order chi connectivity index (χ0) is 14.7. The van der Waals surface area contributed by atoms with Gasteiger partial charge in [0.15, 0.2) is 0 Å². The first kappa shape index (κ1) is 15.4. The van der Waals surface area contributed by atoms with E-state index in [1.807, 2.05) is 0 Å². The van der Waals surface area contributed by atoms with Gasteiger partial charge in [0, 0.05) is 16.6 Å². The van der Waals surface area contributed by atoms with Crippen molar-refractivity contribution in [3.8, 4) is 5.75 Å². The molecule has 2 aliphatic rings. The highest BCUT2D eigenvalue weighted by Gasteiger charge is 2.35. The standard InChI is InChI=1S/C18H26BrNO/c1-21-17-6-5-16(19)13-15(17)14-20-11-9-18(10-12-20)7-3-2-4-8-18/h5-6,13H,2-4,7-12,14H2,1H3. The Hall–Kier alpha value is -0.540. The molecule has 1 saturated carbocycles. The number of hydrogen-bond donors (Lipinski definition) is 0. The minimum absolute atomic E-state index is 0.691. The van der Waals surface area contributed by atoms with E-state index in [1.165, 1.54) is 63.6 Å². The van der Waals surface area contributed by atoms with Crippen LogP contribution in [0, 0.1) is 5.41 Å². The molecular weight excluding hydrogens is 326 g/mol. The predicted octanol–water partition coefficient (Wildman–Crippen LogP) is 5.00. The van der Waals surface area contributed by atoms with Crippen LogP contribution in [0.5, 0.6) is 5.75 Å². The normalized spacial score (nSPS) is 22.4. The largest absolute Gasteiger partial charge is 0.496 e. The number of methoxy groups -OCH3 is 1. The molecule has 0 N–H and O–H groups in total. The molecule has 1 aliphatic carbocycles. The molecule has 1 aromatic carbocycles. The number of ether oxygens (including phenoxy) is 1. The fraction of sp³-hybridized carbons (Fsp3) is 0.667. The average molecular weight is 352 g/mol. The highest BCUT2D eigenvalue weighted by Crippen LogP contribution is 2.44. The van der Waals surface area contributed by atoms with Crippen molar-refractivity contribution in [2.45, 2.75) is 51.5 Å². The van der Waals surface area contributed by atoms with E-state index in [9.17, 15) is 0 Å². The number of piperidine rings is 1. The Kier molecular flexibility index (Phi) is 4.90. The summed E-state index contributed by atoms with van der Waals surface area (Å²) >= 11 is 3.57. The number of likely N-dealkylation sites (tertiary alicyclic amines) is 1. The molecule has 3 rings (SSSR count). The van der Waals surface area contributed by atoms with Gasteiger partial charge in [-0.15, -0.1) is 0 Å². The van der Waals surface area contributed by atoms with Gasteiger partial charge < -0.3 is 4.74 Å². The lowest BCUT2D eigenvalue weighted by molar-refractivity contribution is 0.0638. The van der Waals surface area contributed by atoms with Crippen molar-refractivity contribution in [3.63, 3.8) is 0 Å². The van der Waals surface area contributed by atoms with Gasteiger partial charge in [-0.3, -0.25) is 4.90 Å². The van der Waals surface area contributed by atoms with E-state index in [1.54, 1.807) is 7.11 Å². The van der Waals surface area contributed by atoms with Crippen LogP contribution in [0.25, 0.3) is 0 Å². The third-order valence-corrected chi connectivity index (χ3v) is 5.96. The van der Waals surface area contributed by atoms with Crippen LogP contribution in [-0.4, -0.2) is 25.1 Å². The summed E-state index contributed by atoms with van der Waals surface area (Å²) in [4.78, 5) is 2.60. The molecule has 3 heteroatoms. The number of hydrogen-bond acceptors (Lipinski definition) is 2. The van der Waals surface area contributed by atoms with Crippen molar-refractivity contribution in [1.29, 1.82) is 0 Å². The summed E-state index contributed by atoms with van der Waals surface area (Å²) in [5.41, 5.74) is 1.99. The number of halogens is 1. The maximum atomic E-state index is 5.50. The molecule has 1 heterocycles. The molecule has 0 radical (unpaired) electrons. The van der Waals surface area contributed by atoms with Crippen molar-refractivity contribution in [2.24, 2.45) is 5.41 Å². The fourth-order valence-electron chi connectivity index (χ4n) is 4.10. The molecule has 1 aliphatic heterocycles. The topological polar surface area (TPSA) is 12.5 Å². The third kappa shape index (κ3) is 3.62. The smallest absolute Gasteiger partial charge is 0.123 e. The average Bonchev–Trinajstić information content (AvgIpc) is 2.51. The molecule has 0 amide bonds. The summed E-state index contributed by atoms with van der Waals surface area (Å²) in [6.07, 6.45) is 10.1. The van der Waals surface area contributed by atoms with Gasteiger partial charge in [-0.2, -0.15) is 0 Å². The molecule has 0 aromatic heterocycles. The minimum atomic E-state index is 0.691. The highest BCUT2D eigenvalue weighted by molar-refractivity contribution is 9.10. The van der Waals surface area contributed by atoms with Crippen molar-refractivity contribution in [3.05, 3.63) is 28.2 Å². The van der Waals surface area contributed by atoms with E-state index >= 15 is 0 Å². The van der Waals surface area contributed by atoms with E-state index in [0.29, 0.717) is 5.41 Å². The molecule has 0 bridgehead atoms. The van der Waals surface area contributed by atoms with E-state index < -0.39 is 0 Å². The summed E-state index contributed by atoms with van der Waals surface area (Å²) in [6.45, 7) is 3.50. The highest BCUT2D eigenvalue weighted by atomic mass is 79.9. The van der Waals surface area contributed by atoms with Crippen molar-refractivity contribution < 1.29 is 4.74 Å². The second-order valence-electron chi connectivity index (χ2n) is 6.79. The zero-order valence-electron chi connectivity index (χ0n) is 13.0. The molecule has 2 nitrogen and oxygen atoms in total. The van der Waals surface area contributed by atoms with Crippen molar-refractivity contribution in [2.75, 3.05) is 20.2 Å². The molecule has 1 aromatic rings. The van der Waals surface area contributed by atoms with Gasteiger partial charge >= 0.3 is 0 Å². The Morgan fingerprint density at radius 3 is 2.48 bits per heavy atom. The Morgan fingerprint density at radius 2 is 1.81 bits per heavy atom. The summed E-state index contributed by atoms with van der Waals surface area (Å²) < 4.78 is 6.64. The van der Waals surface area contributed by atoms with Crippen LogP contribution in [0.3, 0.4) is 0 Å². The molecule has 1 saturated heterocycles. The third-order valence-electron chi connectivity index (χ3n) is 5.47. The van der Waals surface area contributed by atoms with Gasteiger partial charge in [0.2, 0.25) is 0 Å². The molecule has 0 unspecified atom stereocenters. The maximum Gasteiger partial charge on any atom is 0.123 e. The fourth-order valence-corrected chi connectivity index (χ4v) is 4.51. The lowest BCUT2D eigenvalue weighted by atomic mass is 9.68. The van der Waals surface area contributed by atoms with Gasteiger partial charge in [-0.1, -0.05) is 35.2 Å². The molecule has 116 valence electrons. The molecule has 2 fully saturated rings. The predicted molar refractivity (Wildman–Crippen MR) is 90.7 cm³/mol. The Labute approximate surface area is 137 Å². The van der Waals surface area contributed by atoms with Crippen LogP contribution in [0.2, 0.25) is 0 Å². The second-order valence-corrected chi connectivity index (χ2v) is 7.71. The van der Waals surface area contributed by atoms with Crippen molar-refractivity contribution >= 4 is 15.9 Å². The number of benzene rings is 1. The van der Waals surface area contributed by atoms with Gasteiger partial charge in [0.05, 0.1) is 7.11 Å². The Morgan fingerprint density at radius 1 is 1.10 bits per heavy atom. The lowest BCUT2D eigenvalue weighted by Gasteiger charge is -2.44. The van der Waals surface area contributed by atoms with Crippen LogP contribution in [0.4, 0.5) is 0 Å². The van der Waals surface area contributed by atoms with E-state index in [2.05, 4.69) is 39.0 Å². The first-order valence-corrected chi connectivity index (χ1v) is 9.05. The van der Waals surface area contributed by atoms with Gasteiger partial charge in [-0.05, 0) is 62.4 Å². The Bertz CT molecular complexity index is 472. The molecule has 0 atom stereocenters. The SMILES string of the molecule is COc1ccc(Br)cc1CN1CCC2(CCCCC2)CC1. The number of rotatable bonds is 3. The van der Waals surface area contributed by atoms with Gasteiger partial charge in [-0.25, -0.2) is 0 Å². The van der Waals surface area contributed by atoms with Gasteiger partial charge in [0.25, 0.3) is 0 Å². The quantitative estimate of drug-likeness (QED) is 0.759. The van der Waals surface area contributed by atoms with Crippen LogP contribution >= 0.6 is 15.9 Å². The van der Waals surface area contributed by atoms with E-state index in [-0.39, 0.29) is 0 Å². The van der Waals surface area contributed by atoms with Crippen LogP contribution in [0.1, 0.15) is 50.5 Å². The first-order chi connectivity index (χ1) is 10.2. The zero-order valence-corrected chi connectivity index (χ0v) is 14.6. The first-order valence-electron chi connectivity index (χ1n) is 8.26. The summed E-state index contributed by atoms with van der Waals surface area (Å²) in [6, 6.07) is 6.31. The molecular formula is C18H26BrNO. The van der Waals surface area contributed by atoms with E-state index in [4.69, 9.17) is 4.74 Å². The minimum Gasteiger partial charge on any atom is -0.496 e. The summed E-state index contributed by atoms with van der Waals surface area (Å²) in [5, 5.41) is 0. The summed E-state index contributed by atoms with van der Waals surface area (Å²) in [7, 11) is 1.76.